The minimum atomic E-state index is -1.65. The molecule has 2 atom stereocenters. The maximum absolute atomic E-state index is 2.66. The van der Waals surface area contributed by atoms with Gasteiger partial charge in [-0.1, -0.05) is 60.7 Å². The fourth-order valence-electron chi connectivity index (χ4n) is 4.81. The number of hydrogen-bond acceptors (Lipinski definition) is 4. The summed E-state index contributed by atoms with van der Waals surface area (Å²) in [6.07, 6.45) is 0.294. The van der Waals surface area contributed by atoms with Crippen molar-refractivity contribution in [1.29, 1.82) is 0 Å². The molecule has 0 aliphatic carbocycles. The van der Waals surface area contributed by atoms with E-state index in [1.807, 2.05) is 0 Å². The standard InChI is InChI=1S/C20H28N4P/c1-21-15-16-22(2)25(21)20(18-13-9-6-10-14-18)23(3)19(24(25)4)17-11-7-5-8-12-17/h5-14,19-20H,15-16H2,1-4H3/q+1. The van der Waals surface area contributed by atoms with Gasteiger partial charge in [0.2, 0.25) is 0 Å². The summed E-state index contributed by atoms with van der Waals surface area (Å²) in [5.41, 5.74) is 2.79. The molecule has 2 saturated heterocycles. The summed E-state index contributed by atoms with van der Waals surface area (Å²) in [4.78, 5) is 2.58. The van der Waals surface area contributed by atoms with Crippen molar-refractivity contribution in [1.82, 2.24) is 18.9 Å². The van der Waals surface area contributed by atoms with Gasteiger partial charge < -0.3 is 0 Å². The summed E-state index contributed by atoms with van der Waals surface area (Å²) in [6.45, 7) is 2.26. The largest absolute Gasteiger partial charge is 0.251 e. The van der Waals surface area contributed by atoms with Gasteiger partial charge in [0, 0.05) is 26.7 Å². The molecule has 5 heteroatoms. The molecule has 0 aromatic heterocycles. The van der Waals surface area contributed by atoms with E-state index in [1.165, 1.54) is 11.1 Å². The second kappa shape index (κ2) is 6.46. The van der Waals surface area contributed by atoms with Gasteiger partial charge in [0.1, 0.15) is 6.17 Å². The smallest absolute Gasteiger partial charge is 0.241 e. The van der Waals surface area contributed by atoms with Crippen LogP contribution >= 0.6 is 7.71 Å². The zero-order chi connectivity index (χ0) is 17.6. The van der Waals surface area contributed by atoms with Crippen LogP contribution in [-0.2, 0) is 0 Å². The van der Waals surface area contributed by atoms with Gasteiger partial charge in [0.15, 0.2) is 5.78 Å². The first-order chi connectivity index (χ1) is 12.1. The first-order valence-corrected chi connectivity index (χ1v) is 10.7. The monoisotopic (exact) mass is 355 g/mol. The Hall–Kier alpha value is -1.29. The van der Waals surface area contributed by atoms with Gasteiger partial charge in [-0.05, 0) is 12.6 Å². The minimum absolute atomic E-state index is 0.294. The second-order valence-electron chi connectivity index (χ2n) is 7.19. The average molecular weight is 355 g/mol. The highest BCUT2D eigenvalue weighted by Gasteiger charge is 2.70. The predicted molar refractivity (Wildman–Crippen MR) is 106 cm³/mol. The molecule has 2 aromatic rings. The van der Waals surface area contributed by atoms with Crippen LogP contribution in [0, 0.1) is 0 Å². The minimum Gasteiger partial charge on any atom is -0.241 e. The molecule has 4 rings (SSSR count). The van der Waals surface area contributed by atoms with E-state index in [9.17, 15) is 0 Å². The first-order valence-electron chi connectivity index (χ1n) is 8.95. The highest BCUT2D eigenvalue weighted by molar-refractivity contribution is 7.69. The molecule has 2 aliphatic heterocycles. The van der Waals surface area contributed by atoms with E-state index in [1.54, 1.807) is 0 Å². The van der Waals surface area contributed by atoms with E-state index in [-0.39, 0.29) is 0 Å². The first kappa shape index (κ1) is 17.1. The Kier molecular flexibility index (Phi) is 4.43. The van der Waals surface area contributed by atoms with Crippen molar-refractivity contribution in [2.24, 2.45) is 0 Å². The number of nitrogens with zero attached hydrogens (tertiary/aromatic N) is 4. The highest BCUT2D eigenvalue weighted by Crippen LogP contribution is 2.83. The van der Waals surface area contributed by atoms with Crippen molar-refractivity contribution < 1.29 is 0 Å². The van der Waals surface area contributed by atoms with Gasteiger partial charge in [-0.25, -0.2) is 4.90 Å². The van der Waals surface area contributed by atoms with Gasteiger partial charge in [-0.3, -0.25) is 0 Å². The molecule has 2 fully saturated rings. The lowest BCUT2D eigenvalue weighted by molar-refractivity contribution is 0.177. The number of hydrogen-bond donors (Lipinski definition) is 0. The zero-order valence-corrected chi connectivity index (χ0v) is 16.5. The summed E-state index contributed by atoms with van der Waals surface area (Å²) in [5, 5.41) is 0. The lowest BCUT2D eigenvalue weighted by Crippen LogP contribution is -2.32. The molecule has 2 heterocycles. The van der Waals surface area contributed by atoms with Crippen LogP contribution in [0.4, 0.5) is 0 Å². The fraction of sp³-hybridized carbons (Fsp3) is 0.400. The highest BCUT2D eigenvalue weighted by atomic mass is 31.2. The SMILES string of the molecule is CN1C(c2ccccc2)N(C)[P+]2(C1c1ccccc1)N(C)CCN2C. The van der Waals surface area contributed by atoms with E-state index in [4.69, 9.17) is 0 Å². The van der Waals surface area contributed by atoms with Crippen molar-refractivity contribution in [3.05, 3.63) is 71.8 Å². The van der Waals surface area contributed by atoms with Gasteiger partial charge in [-0.15, -0.1) is 14.0 Å². The van der Waals surface area contributed by atoms with Crippen LogP contribution in [0.25, 0.3) is 0 Å². The third-order valence-electron chi connectivity index (χ3n) is 5.87. The molecule has 1 spiro atoms. The summed E-state index contributed by atoms with van der Waals surface area (Å²) in [5.74, 6) is 0.390. The molecular weight excluding hydrogens is 327 g/mol. The van der Waals surface area contributed by atoms with E-state index in [0.717, 1.165) is 13.1 Å². The van der Waals surface area contributed by atoms with Crippen LogP contribution in [0.1, 0.15) is 23.1 Å². The van der Waals surface area contributed by atoms with Crippen LogP contribution in [0.2, 0.25) is 0 Å². The summed E-state index contributed by atoms with van der Waals surface area (Å²) >= 11 is 0. The molecule has 0 bridgehead atoms. The van der Waals surface area contributed by atoms with Crippen LogP contribution < -0.4 is 0 Å². The molecule has 2 aliphatic rings. The quantitative estimate of drug-likeness (QED) is 0.758. The topological polar surface area (TPSA) is 13.0 Å². The third kappa shape index (κ3) is 2.40. The molecule has 0 N–H and O–H groups in total. The molecular formula is C20H28N4P+. The maximum atomic E-state index is 2.66. The van der Waals surface area contributed by atoms with Gasteiger partial charge in [-0.2, -0.15) is 0 Å². The number of benzene rings is 2. The molecule has 2 unspecified atom stereocenters. The molecule has 132 valence electrons. The van der Waals surface area contributed by atoms with Crippen molar-refractivity contribution in [3.63, 3.8) is 0 Å². The number of likely N-dealkylation sites (N-methyl/N-ethyl adjacent to an activating group) is 2. The van der Waals surface area contributed by atoms with Crippen LogP contribution in [0.5, 0.6) is 0 Å². The number of rotatable bonds is 2. The third-order valence-corrected chi connectivity index (χ3v) is 10.7. The Morgan fingerprint density at radius 2 is 1.20 bits per heavy atom. The average Bonchev–Trinajstić information content (AvgIpc) is 3.06. The van der Waals surface area contributed by atoms with E-state index in [2.05, 4.69) is 108 Å². The van der Waals surface area contributed by atoms with Gasteiger partial charge in [0.25, 0.3) is 7.71 Å². The van der Waals surface area contributed by atoms with E-state index in [0.29, 0.717) is 11.9 Å². The van der Waals surface area contributed by atoms with Gasteiger partial charge in [0.05, 0.1) is 13.1 Å². The molecule has 4 nitrogen and oxygen atoms in total. The summed E-state index contributed by atoms with van der Waals surface area (Å²) in [6, 6.07) is 22.0. The zero-order valence-electron chi connectivity index (χ0n) is 15.6. The Morgan fingerprint density at radius 1 is 0.720 bits per heavy atom. The van der Waals surface area contributed by atoms with Crippen LogP contribution in [-0.4, -0.2) is 60.2 Å². The second-order valence-corrected chi connectivity index (χ2v) is 10.9. The Morgan fingerprint density at radius 3 is 1.72 bits per heavy atom. The summed E-state index contributed by atoms with van der Waals surface area (Å²) in [7, 11) is 7.58. The molecule has 0 amide bonds. The van der Waals surface area contributed by atoms with Crippen molar-refractivity contribution >= 4 is 7.71 Å². The molecule has 0 saturated carbocycles. The van der Waals surface area contributed by atoms with Gasteiger partial charge >= 0.3 is 0 Å². The van der Waals surface area contributed by atoms with Crippen LogP contribution in [0.15, 0.2) is 60.7 Å². The lowest BCUT2D eigenvalue weighted by atomic mass is 10.1. The van der Waals surface area contributed by atoms with Crippen molar-refractivity contribution in [2.75, 3.05) is 41.3 Å². The molecule has 25 heavy (non-hydrogen) atoms. The molecule has 2 aromatic carbocycles. The normalized spacial score (nSPS) is 28.2. The Bertz CT molecular complexity index is 713. The predicted octanol–water partition coefficient (Wildman–Crippen LogP) is 3.90. The van der Waals surface area contributed by atoms with Crippen molar-refractivity contribution in [3.8, 4) is 0 Å². The van der Waals surface area contributed by atoms with Crippen molar-refractivity contribution in [2.45, 2.75) is 11.9 Å². The van der Waals surface area contributed by atoms with Crippen LogP contribution in [0.3, 0.4) is 0 Å². The fourth-order valence-corrected chi connectivity index (χ4v) is 9.96. The summed E-state index contributed by atoms with van der Waals surface area (Å²) < 4.78 is 7.92. The Balaban J connectivity index is 1.88. The Labute approximate surface area is 152 Å². The molecule has 0 radical (unpaired) electrons. The maximum Gasteiger partial charge on any atom is 0.251 e. The van der Waals surface area contributed by atoms with E-state index < -0.39 is 7.71 Å². The van der Waals surface area contributed by atoms with E-state index >= 15 is 0 Å². The lowest BCUT2D eigenvalue weighted by Gasteiger charge is -2.37.